The highest BCUT2D eigenvalue weighted by molar-refractivity contribution is 6.27. The number of ether oxygens (including phenoxy) is 4. The number of hydrogen-bond acceptors (Lipinski definition) is 4. The van der Waals surface area contributed by atoms with E-state index in [1.165, 1.54) is 109 Å². The zero-order valence-electron chi connectivity index (χ0n) is 30.3. The molecule has 0 aliphatic carbocycles. The SMILES string of the molecule is CCCCCCOc1cc2c3ccccc3c3c(C)c(OCCCCCC)c(OCCCCCC)cc3c2cc1OCCCCCC. The summed E-state index contributed by atoms with van der Waals surface area (Å²) in [4.78, 5) is 0. The molecule has 0 amide bonds. The molecule has 0 fully saturated rings. The van der Waals surface area contributed by atoms with Crippen molar-refractivity contribution < 1.29 is 18.9 Å². The number of hydrogen-bond donors (Lipinski definition) is 0. The van der Waals surface area contributed by atoms with Crippen molar-refractivity contribution in [2.24, 2.45) is 0 Å². The molecule has 4 aromatic rings. The zero-order valence-corrected chi connectivity index (χ0v) is 30.3. The van der Waals surface area contributed by atoms with Crippen LogP contribution in [0, 0.1) is 6.92 Å². The topological polar surface area (TPSA) is 36.9 Å². The molecule has 47 heavy (non-hydrogen) atoms. The van der Waals surface area contributed by atoms with Crippen molar-refractivity contribution >= 4 is 32.3 Å². The van der Waals surface area contributed by atoms with Crippen molar-refractivity contribution in [3.05, 3.63) is 48.0 Å². The van der Waals surface area contributed by atoms with Gasteiger partial charge in [-0.25, -0.2) is 0 Å². The molecule has 0 bridgehead atoms. The fourth-order valence-corrected chi connectivity index (χ4v) is 6.62. The van der Waals surface area contributed by atoms with Crippen molar-refractivity contribution in [2.45, 2.75) is 137 Å². The van der Waals surface area contributed by atoms with Crippen molar-refractivity contribution in [1.29, 1.82) is 0 Å². The highest BCUT2D eigenvalue weighted by Gasteiger charge is 2.20. The summed E-state index contributed by atoms with van der Waals surface area (Å²) < 4.78 is 26.2. The summed E-state index contributed by atoms with van der Waals surface area (Å²) in [6, 6.07) is 15.5. The van der Waals surface area contributed by atoms with Crippen LogP contribution in [0.1, 0.15) is 136 Å². The quantitative estimate of drug-likeness (QED) is 0.0563. The third-order valence-electron chi connectivity index (χ3n) is 9.36. The van der Waals surface area contributed by atoms with Gasteiger partial charge < -0.3 is 18.9 Å². The van der Waals surface area contributed by atoms with Crippen LogP contribution < -0.4 is 18.9 Å². The second-order valence-electron chi connectivity index (χ2n) is 13.3. The molecule has 258 valence electrons. The molecule has 0 heterocycles. The number of rotatable bonds is 24. The first-order valence-electron chi connectivity index (χ1n) is 19.1. The van der Waals surface area contributed by atoms with E-state index in [4.69, 9.17) is 18.9 Å². The fourth-order valence-electron chi connectivity index (χ4n) is 6.62. The maximum atomic E-state index is 6.59. The Morgan fingerprint density at radius 1 is 0.404 bits per heavy atom. The fraction of sp³-hybridized carbons (Fsp3) is 0.581. The first kappa shape index (κ1) is 36.7. The lowest BCUT2D eigenvalue weighted by molar-refractivity contribution is 0.258. The molecule has 0 atom stereocenters. The van der Waals surface area contributed by atoms with E-state index in [-0.39, 0.29) is 0 Å². The summed E-state index contributed by atoms with van der Waals surface area (Å²) in [6.45, 7) is 14.0. The standard InChI is InChI=1S/C43H62O4/c1-6-10-14-20-26-44-39-30-36-34-24-18-19-25-35(34)42-33(5)43(47-29-23-17-13-9-4)41(46-28-22-16-12-8-3)32-38(42)37(36)31-40(39)45-27-21-15-11-7-2/h18-19,24-25,30-32H,6-17,20-23,26-29H2,1-5H3. The molecule has 0 radical (unpaired) electrons. The molecule has 4 aromatic carbocycles. The van der Waals surface area contributed by atoms with Crippen molar-refractivity contribution in [1.82, 2.24) is 0 Å². The van der Waals surface area contributed by atoms with Gasteiger partial charge in [0.15, 0.2) is 23.0 Å². The van der Waals surface area contributed by atoms with E-state index in [0.29, 0.717) is 26.4 Å². The predicted molar refractivity (Wildman–Crippen MR) is 202 cm³/mol. The van der Waals surface area contributed by atoms with Crippen LogP contribution in [0.3, 0.4) is 0 Å². The molecule has 0 aromatic heterocycles. The highest BCUT2D eigenvalue weighted by Crippen LogP contribution is 2.46. The Kier molecular flexibility index (Phi) is 15.8. The summed E-state index contributed by atoms with van der Waals surface area (Å²) in [6.07, 6.45) is 18.8. The number of unbranched alkanes of at least 4 members (excludes halogenated alkanes) is 12. The van der Waals surface area contributed by atoms with Gasteiger partial charge in [-0.1, -0.05) is 129 Å². The number of benzene rings is 4. The monoisotopic (exact) mass is 642 g/mol. The summed E-state index contributed by atoms with van der Waals surface area (Å²) in [5, 5.41) is 7.25. The molecular weight excluding hydrogens is 580 g/mol. The molecule has 4 heteroatoms. The van der Waals surface area contributed by atoms with Crippen LogP contribution in [0.25, 0.3) is 32.3 Å². The number of fused-ring (bicyclic) bond motifs is 6. The summed E-state index contributed by atoms with van der Waals surface area (Å²) in [5.74, 6) is 3.45. The van der Waals surface area contributed by atoms with E-state index >= 15 is 0 Å². The maximum absolute atomic E-state index is 6.59. The summed E-state index contributed by atoms with van der Waals surface area (Å²) in [5.41, 5.74) is 1.15. The Morgan fingerprint density at radius 3 is 1.30 bits per heavy atom. The molecule has 4 rings (SSSR count). The zero-order chi connectivity index (χ0) is 33.3. The van der Waals surface area contributed by atoms with Crippen LogP contribution in [0.4, 0.5) is 0 Å². The first-order chi connectivity index (χ1) is 23.1. The largest absolute Gasteiger partial charge is 0.490 e. The third-order valence-corrected chi connectivity index (χ3v) is 9.36. The highest BCUT2D eigenvalue weighted by atomic mass is 16.5. The molecule has 0 aliphatic heterocycles. The second-order valence-corrected chi connectivity index (χ2v) is 13.3. The maximum Gasteiger partial charge on any atom is 0.164 e. The van der Waals surface area contributed by atoms with Crippen LogP contribution in [0.15, 0.2) is 42.5 Å². The minimum Gasteiger partial charge on any atom is -0.490 e. The Morgan fingerprint density at radius 2 is 0.809 bits per heavy atom. The van der Waals surface area contributed by atoms with Gasteiger partial charge >= 0.3 is 0 Å². The van der Waals surface area contributed by atoms with Gasteiger partial charge in [-0.2, -0.15) is 0 Å². The van der Waals surface area contributed by atoms with E-state index < -0.39 is 0 Å². The van der Waals surface area contributed by atoms with Crippen molar-refractivity contribution in [2.75, 3.05) is 26.4 Å². The minimum atomic E-state index is 0.699. The van der Waals surface area contributed by atoms with Gasteiger partial charge in [-0.15, -0.1) is 0 Å². The van der Waals surface area contributed by atoms with Gasteiger partial charge in [0.1, 0.15) is 0 Å². The molecule has 0 aliphatic rings. The second kappa shape index (κ2) is 20.3. The molecule has 0 N–H and O–H groups in total. The normalized spacial score (nSPS) is 11.5. The average molecular weight is 643 g/mol. The van der Waals surface area contributed by atoms with Gasteiger partial charge in [-0.05, 0) is 83.1 Å². The van der Waals surface area contributed by atoms with Crippen LogP contribution in [-0.2, 0) is 0 Å². The van der Waals surface area contributed by atoms with Gasteiger partial charge in [0.25, 0.3) is 0 Å². The molecule has 0 spiro atoms. The van der Waals surface area contributed by atoms with Gasteiger partial charge in [-0.3, -0.25) is 0 Å². The van der Waals surface area contributed by atoms with Crippen LogP contribution in [0.5, 0.6) is 23.0 Å². The lowest BCUT2D eigenvalue weighted by atomic mass is 9.91. The Hall–Kier alpha value is -3.14. The Bertz CT molecular complexity index is 1510. The van der Waals surface area contributed by atoms with Crippen LogP contribution in [-0.4, -0.2) is 26.4 Å². The van der Waals surface area contributed by atoms with E-state index in [9.17, 15) is 0 Å². The van der Waals surface area contributed by atoms with E-state index in [1.54, 1.807) is 0 Å². The Balaban J connectivity index is 1.84. The van der Waals surface area contributed by atoms with E-state index in [2.05, 4.69) is 77.1 Å². The van der Waals surface area contributed by atoms with E-state index in [0.717, 1.165) is 54.2 Å². The van der Waals surface area contributed by atoms with Gasteiger partial charge in [0.05, 0.1) is 26.4 Å². The van der Waals surface area contributed by atoms with Gasteiger partial charge in [0.2, 0.25) is 0 Å². The lowest BCUT2D eigenvalue weighted by Crippen LogP contribution is -2.05. The third kappa shape index (κ3) is 10.2. The van der Waals surface area contributed by atoms with Crippen molar-refractivity contribution in [3.8, 4) is 23.0 Å². The molecule has 4 nitrogen and oxygen atoms in total. The first-order valence-corrected chi connectivity index (χ1v) is 19.1. The summed E-state index contributed by atoms with van der Waals surface area (Å²) >= 11 is 0. The minimum absolute atomic E-state index is 0.699. The molecule has 0 unspecified atom stereocenters. The van der Waals surface area contributed by atoms with Crippen LogP contribution in [0.2, 0.25) is 0 Å². The number of aryl methyl sites for hydroxylation is 1. The Labute approximate surface area is 285 Å². The lowest BCUT2D eigenvalue weighted by Gasteiger charge is -2.21. The predicted octanol–water partition coefficient (Wildman–Crippen LogP) is 13.3. The van der Waals surface area contributed by atoms with Crippen molar-refractivity contribution in [3.63, 3.8) is 0 Å². The van der Waals surface area contributed by atoms with Crippen LogP contribution >= 0.6 is 0 Å². The smallest absolute Gasteiger partial charge is 0.164 e. The van der Waals surface area contributed by atoms with E-state index in [1.807, 2.05) is 0 Å². The molecule has 0 saturated carbocycles. The molecule has 0 saturated heterocycles. The summed E-state index contributed by atoms with van der Waals surface area (Å²) in [7, 11) is 0. The van der Waals surface area contributed by atoms with Gasteiger partial charge in [0, 0.05) is 5.56 Å². The molecular formula is C43H62O4. The average Bonchev–Trinajstić information content (AvgIpc) is 3.09.